The molecule has 4 heteroatoms. The van der Waals surface area contributed by atoms with Crippen molar-refractivity contribution in [3.8, 4) is 0 Å². The van der Waals surface area contributed by atoms with Crippen molar-refractivity contribution >= 4 is 11.9 Å². The lowest BCUT2D eigenvalue weighted by Crippen LogP contribution is -2.51. The highest BCUT2D eigenvalue weighted by Crippen LogP contribution is 2.13. The highest BCUT2D eigenvalue weighted by Gasteiger charge is 2.33. The normalized spacial score (nSPS) is 12.1. The molecule has 80 valence electrons. The molecule has 0 aliphatic rings. The molecule has 0 saturated carbocycles. The Morgan fingerprint density at radius 1 is 1.14 bits per heavy atom. The molecule has 0 heterocycles. The van der Waals surface area contributed by atoms with Gasteiger partial charge in [-0.3, -0.25) is 4.79 Å². The van der Waals surface area contributed by atoms with E-state index in [0.717, 1.165) is 0 Å². The quantitative estimate of drug-likeness (QED) is 0.673. The van der Waals surface area contributed by atoms with Crippen molar-refractivity contribution in [1.29, 1.82) is 0 Å². The van der Waals surface area contributed by atoms with Crippen LogP contribution in [0.5, 0.6) is 0 Å². The lowest BCUT2D eigenvalue weighted by atomic mass is 10.1. The standard InChI is InChI=1S/C10H17NO3/c1-7(12)11-10(5,6)8(13)14-9(2,3)4/h1H,2-6H3,(H,11,12). The minimum absolute atomic E-state index is 0.510. The smallest absolute Gasteiger partial charge is 0.331 e. The summed E-state index contributed by atoms with van der Waals surface area (Å²) in [5.41, 5.74) is -1.67. The van der Waals surface area contributed by atoms with E-state index in [1.165, 1.54) is 13.8 Å². The number of ether oxygens (including phenoxy) is 1. The number of esters is 1. The van der Waals surface area contributed by atoms with Gasteiger partial charge in [-0.05, 0) is 34.6 Å². The van der Waals surface area contributed by atoms with Gasteiger partial charge in [0.2, 0.25) is 5.91 Å². The molecule has 0 spiro atoms. The molecule has 0 aliphatic carbocycles. The maximum Gasteiger partial charge on any atom is 0.331 e. The van der Waals surface area contributed by atoms with Crippen LogP contribution in [0.4, 0.5) is 0 Å². The van der Waals surface area contributed by atoms with Gasteiger partial charge in [-0.1, -0.05) is 0 Å². The second-order valence-corrected chi connectivity index (χ2v) is 4.62. The number of nitrogens with one attached hydrogen (secondary N) is 1. The Morgan fingerprint density at radius 3 is 1.86 bits per heavy atom. The Kier molecular flexibility index (Phi) is 3.68. The van der Waals surface area contributed by atoms with E-state index in [4.69, 9.17) is 11.7 Å². The van der Waals surface area contributed by atoms with Gasteiger partial charge in [0.1, 0.15) is 11.1 Å². The van der Waals surface area contributed by atoms with Crippen LogP contribution in [0, 0.1) is 6.92 Å². The molecular weight excluding hydrogens is 182 g/mol. The molecular formula is C10H17NO3. The molecule has 0 aromatic carbocycles. The average Bonchev–Trinajstić information content (AvgIpc) is 1.79. The Hall–Kier alpha value is -1.06. The van der Waals surface area contributed by atoms with Gasteiger partial charge in [0, 0.05) is 0 Å². The molecule has 0 aromatic rings. The van der Waals surface area contributed by atoms with Crippen molar-refractivity contribution in [3.05, 3.63) is 6.92 Å². The number of hydrogen-bond acceptors (Lipinski definition) is 3. The van der Waals surface area contributed by atoms with Crippen molar-refractivity contribution in [3.63, 3.8) is 0 Å². The van der Waals surface area contributed by atoms with E-state index in [9.17, 15) is 9.59 Å². The summed E-state index contributed by atoms with van der Waals surface area (Å²) < 4.78 is 5.09. The summed E-state index contributed by atoms with van der Waals surface area (Å²) in [4.78, 5) is 22.1. The predicted octanol–water partition coefficient (Wildman–Crippen LogP) is 0.934. The third-order valence-corrected chi connectivity index (χ3v) is 1.34. The third-order valence-electron chi connectivity index (χ3n) is 1.34. The van der Waals surface area contributed by atoms with Gasteiger partial charge >= 0.3 is 5.97 Å². The zero-order valence-corrected chi connectivity index (χ0v) is 9.30. The second-order valence-electron chi connectivity index (χ2n) is 4.62. The molecule has 14 heavy (non-hydrogen) atoms. The third kappa shape index (κ3) is 4.84. The Balaban J connectivity index is 4.44. The molecule has 0 aliphatic heterocycles. The first-order chi connectivity index (χ1) is 6.04. The highest BCUT2D eigenvalue weighted by molar-refractivity contribution is 5.89. The fourth-order valence-corrected chi connectivity index (χ4v) is 0.765. The Morgan fingerprint density at radius 2 is 1.57 bits per heavy atom. The van der Waals surface area contributed by atoms with Crippen LogP contribution in [0.15, 0.2) is 0 Å². The van der Waals surface area contributed by atoms with Crippen LogP contribution in [0.3, 0.4) is 0 Å². The molecule has 1 amide bonds. The summed E-state index contributed by atoms with van der Waals surface area (Å²) in [6.07, 6.45) is 0. The van der Waals surface area contributed by atoms with Crippen molar-refractivity contribution in [2.45, 2.75) is 45.8 Å². The molecule has 0 unspecified atom stereocenters. The van der Waals surface area contributed by atoms with Crippen LogP contribution >= 0.6 is 0 Å². The summed E-state index contributed by atoms with van der Waals surface area (Å²) in [7, 11) is 0. The monoisotopic (exact) mass is 199 g/mol. The molecule has 4 nitrogen and oxygen atoms in total. The Bertz CT molecular complexity index is 238. The zero-order valence-electron chi connectivity index (χ0n) is 9.30. The SMILES string of the molecule is [CH]C(=O)NC(C)(C)C(=O)OC(C)(C)C. The molecule has 0 saturated heterocycles. The zero-order chi connectivity index (χ0) is 11.6. The van der Waals surface area contributed by atoms with Gasteiger partial charge in [0.25, 0.3) is 0 Å². The lowest BCUT2D eigenvalue weighted by Gasteiger charge is -2.28. The fraction of sp³-hybridized carbons (Fsp3) is 0.700. The summed E-state index contributed by atoms with van der Waals surface area (Å²) in [5.74, 6) is -1.26. The first kappa shape index (κ1) is 12.9. The van der Waals surface area contributed by atoms with Crippen LogP contribution in [-0.4, -0.2) is 23.0 Å². The first-order valence-electron chi connectivity index (χ1n) is 4.36. The van der Waals surface area contributed by atoms with Gasteiger partial charge in [-0.25, -0.2) is 4.79 Å². The summed E-state index contributed by atoms with van der Waals surface area (Å²) in [5, 5.41) is 2.31. The van der Waals surface area contributed by atoms with E-state index in [0.29, 0.717) is 0 Å². The summed E-state index contributed by atoms with van der Waals surface area (Å²) >= 11 is 0. The Labute approximate surface area is 85.0 Å². The van der Waals surface area contributed by atoms with Crippen molar-refractivity contribution < 1.29 is 14.3 Å². The maximum absolute atomic E-state index is 11.5. The van der Waals surface area contributed by atoms with Crippen LogP contribution in [0.2, 0.25) is 0 Å². The minimum atomic E-state index is -1.10. The molecule has 0 bridgehead atoms. The molecule has 2 radical (unpaired) electrons. The number of amides is 1. The minimum Gasteiger partial charge on any atom is -0.458 e. The maximum atomic E-state index is 11.5. The molecule has 0 rings (SSSR count). The van der Waals surface area contributed by atoms with Gasteiger partial charge in [0.05, 0.1) is 6.92 Å². The summed E-state index contributed by atoms with van der Waals surface area (Å²) in [6, 6.07) is 0. The molecule has 1 N–H and O–H groups in total. The van der Waals surface area contributed by atoms with E-state index in [1.54, 1.807) is 20.8 Å². The number of hydrogen-bond donors (Lipinski definition) is 1. The van der Waals surface area contributed by atoms with Crippen LogP contribution in [0.1, 0.15) is 34.6 Å². The van der Waals surface area contributed by atoms with Crippen molar-refractivity contribution in [2.75, 3.05) is 0 Å². The largest absolute Gasteiger partial charge is 0.458 e. The molecule has 0 aromatic heterocycles. The number of carbonyl (C=O) groups is 2. The van der Waals surface area contributed by atoms with Crippen LogP contribution in [0.25, 0.3) is 0 Å². The second kappa shape index (κ2) is 3.98. The predicted molar refractivity (Wildman–Crippen MR) is 52.4 cm³/mol. The number of rotatable bonds is 2. The van der Waals surface area contributed by atoms with E-state index in [1.807, 2.05) is 0 Å². The first-order valence-corrected chi connectivity index (χ1v) is 4.36. The van der Waals surface area contributed by atoms with Crippen LogP contribution in [-0.2, 0) is 14.3 Å². The van der Waals surface area contributed by atoms with Crippen LogP contribution < -0.4 is 5.32 Å². The van der Waals surface area contributed by atoms with E-state index < -0.39 is 23.0 Å². The van der Waals surface area contributed by atoms with Gasteiger partial charge in [-0.2, -0.15) is 0 Å². The number of carbonyl (C=O) groups excluding carboxylic acids is 2. The highest BCUT2D eigenvalue weighted by atomic mass is 16.6. The van der Waals surface area contributed by atoms with E-state index in [2.05, 4.69) is 5.32 Å². The molecule has 0 atom stereocenters. The van der Waals surface area contributed by atoms with Crippen molar-refractivity contribution in [2.24, 2.45) is 0 Å². The van der Waals surface area contributed by atoms with Gasteiger partial charge < -0.3 is 10.1 Å². The van der Waals surface area contributed by atoms with E-state index >= 15 is 0 Å². The fourth-order valence-electron chi connectivity index (χ4n) is 0.765. The van der Waals surface area contributed by atoms with Gasteiger partial charge in [0.15, 0.2) is 0 Å². The van der Waals surface area contributed by atoms with E-state index in [-0.39, 0.29) is 0 Å². The molecule has 0 fully saturated rings. The van der Waals surface area contributed by atoms with Gasteiger partial charge in [-0.15, -0.1) is 0 Å². The lowest BCUT2D eigenvalue weighted by molar-refractivity contribution is -0.162. The average molecular weight is 199 g/mol. The van der Waals surface area contributed by atoms with Crippen molar-refractivity contribution in [1.82, 2.24) is 5.32 Å². The topological polar surface area (TPSA) is 55.4 Å². The summed E-state index contributed by atoms with van der Waals surface area (Å²) in [6.45, 7) is 13.3.